The van der Waals surface area contributed by atoms with Crippen molar-refractivity contribution in [2.24, 2.45) is 0 Å². The normalized spacial score (nSPS) is 14.8. The molecule has 1 N–H and O–H groups in total. The number of anilines is 2. The van der Waals surface area contributed by atoms with E-state index < -0.39 is 0 Å². The number of hydrogen-bond acceptors (Lipinski definition) is 5. The molecule has 0 bridgehead atoms. The highest BCUT2D eigenvalue weighted by atomic mass is 16.6. The van der Waals surface area contributed by atoms with E-state index in [4.69, 9.17) is 14.2 Å². The minimum Gasteiger partial charge on any atom is -0.486 e. The first-order chi connectivity index (χ1) is 16.2. The van der Waals surface area contributed by atoms with Crippen LogP contribution in [0, 0.1) is 0 Å². The highest BCUT2D eigenvalue weighted by Crippen LogP contribution is 2.35. The fourth-order valence-electron chi connectivity index (χ4n) is 3.77. The second kappa shape index (κ2) is 9.12. The quantitative estimate of drug-likeness (QED) is 0.617. The van der Waals surface area contributed by atoms with Gasteiger partial charge in [0.1, 0.15) is 31.3 Å². The summed E-state index contributed by atoms with van der Waals surface area (Å²) in [6.45, 7) is 1.93. The van der Waals surface area contributed by atoms with E-state index in [1.807, 2.05) is 36.4 Å². The molecular weight excluding hydrogens is 422 g/mol. The van der Waals surface area contributed by atoms with Crippen LogP contribution in [0.5, 0.6) is 23.0 Å². The smallest absolute Gasteiger partial charge is 0.325 e. The third-order valence-electron chi connectivity index (χ3n) is 5.38. The zero-order valence-electron chi connectivity index (χ0n) is 17.9. The van der Waals surface area contributed by atoms with Gasteiger partial charge in [0.05, 0.1) is 0 Å². The largest absolute Gasteiger partial charge is 0.486 e. The first-order valence-corrected chi connectivity index (χ1v) is 10.7. The zero-order chi connectivity index (χ0) is 22.6. The van der Waals surface area contributed by atoms with Crippen LogP contribution in [0.4, 0.5) is 16.2 Å². The summed E-state index contributed by atoms with van der Waals surface area (Å²) < 4.78 is 16.9. The van der Waals surface area contributed by atoms with Crippen molar-refractivity contribution in [3.63, 3.8) is 0 Å². The molecule has 1 saturated heterocycles. The first-order valence-electron chi connectivity index (χ1n) is 10.7. The molecule has 3 aromatic rings. The van der Waals surface area contributed by atoms with Crippen LogP contribution < -0.4 is 24.4 Å². The number of benzene rings is 3. The number of para-hydroxylation sites is 1. The Morgan fingerprint density at radius 3 is 2.39 bits per heavy atom. The van der Waals surface area contributed by atoms with Crippen LogP contribution >= 0.6 is 0 Å². The predicted molar refractivity (Wildman–Crippen MR) is 123 cm³/mol. The summed E-state index contributed by atoms with van der Waals surface area (Å²) in [7, 11) is 0. The number of ether oxygens (including phenoxy) is 3. The van der Waals surface area contributed by atoms with Gasteiger partial charge in [-0.3, -0.25) is 9.69 Å². The average Bonchev–Trinajstić information content (AvgIpc) is 3.20. The molecule has 0 saturated carbocycles. The van der Waals surface area contributed by atoms with Crippen LogP contribution in [-0.2, 0) is 4.79 Å². The fraction of sp³-hybridized carbons (Fsp3) is 0.200. The van der Waals surface area contributed by atoms with Crippen molar-refractivity contribution in [2.75, 3.05) is 43.1 Å². The lowest BCUT2D eigenvalue weighted by molar-refractivity contribution is -0.116. The van der Waals surface area contributed by atoms with E-state index in [2.05, 4.69) is 5.32 Å². The van der Waals surface area contributed by atoms with Crippen LogP contribution in [0.1, 0.15) is 0 Å². The molecule has 0 aliphatic carbocycles. The molecular formula is C25H23N3O5. The molecule has 0 spiro atoms. The molecule has 8 nitrogen and oxygen atoms in total. The zero-order valence-corrected chi connectivity index (χ0v) is 17.9. The Morgan fingerprint density at radius 1 is 0.879 bits per heavy atom. The van der Waals surface area contributed by atoms with Gasteiger partial charge in [-0.05, 0) is 48.5 Å². The van der Waals surface area contributed by atoms with Crippen LogP contribution in [-0.4, -0.2) is 49.7 Å². The van der Waals surface area contributed by atoms with Crippen LogP contribution in [0.2, 0.25) is 0 Å². The Morgan fingerprint density at radius 2 is 1.61 bits per heavy atom. The van der Waals surface area contributed by atoms with E-state index in [1.165, 1.54) is 4.90 Å². The summed E-state index contributed by atoms with van der Waals surface area (Å²) in [6.07, 6.45) is 0. The molecule has 2 heterocycles. The summed E-state index contributed by atoms with van der Waals surface area (Å²) in [5.74, 6) is 2.45. The average molecular weight is 445 g/mol. The molecule has 3 aromatic carbocycles. The van der Waals surface area contributed by atoms with Crippen molar-refractivity contribution in [2.45, 2.75) is 0 Å². The minimum atomic E-state index is -0.260. The molecule has 0 radical (unpaired) electrons. The van der Waals surface area contributed by atoms with E-state index in [0.29, 0.717) is 49.2 Å². The molecule has 2 aliphatic rings. The molecule has 168 valence electrons. The van der Waals surface area contributed by atoms with Gasteiger partial charge in [-0.2, -0.15) is 0 Å². The van der Waals surface area contributed by atoms with Gasteiger partial charge in [0.2, 0.25) is 5.91 Å². The topological polar surface area (TPSA) is 80.3 Å². The number of hydrogen-bond donors (Lipinski definition) is 1. The fourth-order valence-corrected chi connectivity index (χ4v) is 3.77. The third-order valence-corrected chi connectivity index (χ3v) is 5.38. The van der Waals surface area contributed by atoms with E-state index in [9.17, 15) is 9.59 Å². The molecule has 3 amide bonds. The summed E-state index contributed by atoms with van der Waals surface area (Å²) >= 11 is 0. The lowest BCUT2D eigenvalue weighted by Gasteiger charge is -2.22. The number of carbonyl (C=O) groups excluding carboxylic acids is 2. The Hall–Kier alpha value is -4.20. The van der Waals surface area contributed by atoms with Gasteiger partial charge in [0, 0.05) is 30.5 Å². The molecule has 0 atom stereocenters. The van der Waals surface area contributed by atoms with Gasteiger partial charge in [-0.25, -0.2) is 4.79 Å². The van der Waals surface area contributed by atoms with Crippen molar-refractivity contribution in [3.8, 4) is 23.0 Å². The summed E-state index contributed by atoms with van der Waals surface area (Å²) in [5, 5.41) is 2.83. The molecule has 8 heteroatoms. The number of urea groups is 1. The Bertz CT molecular complexity index is 1150. The summed E-state index contributed by atoms with van der Waals surface area (Å²) in [4.78, 5) is 28.6. The van der Waals surface area contributed by atoms with Gasteiger partial charge >= 0.3 is 6.03 Å². The Kier molecular flexibility index (Phi) is 5.72. The molecule has 33 heavy (non-hydrogen) atoms. The number of fused-ring (bicyclic) bond motifs is 1. The number of nitrogens with zero attached hydrogens (tertiary/aromatic N) is 2. The minimum absolute atomic E-state index is 0.0256. The SMILES string of the molecule is O=C(CN1CCN(c2ccc3c(c2)OCCO3)C1=O)Nc1ccc(Oc2ccccc2)cc1. The highest BCUT2D eigenvalue weighted by molar-refractivity contribution is 5.99. The van der Waals surface area contributed by atoms with E-state index in [1.54, 1.807) is 41.3 Å². The van der Waals surface area contributed by atoms with Crippen molar-refractivity contribution in [3.05, 3.63) is 72.8 Å². The van der Waals surface area contributed by atoms with E-state index in [-0.39, 0.29) is 18.5 Å². The highest BCUT2D eigenvalue weighted by Gasteiger charge is 2.31. The third kappa shape index (κ3) is 4.69. The summed E-state index contributed by atoms with van der Waals surface area (Å²) in [6, 6.07) is 21.8. The lowest BCUT2D eigenvalue weighted by Crippen LogP contribution is -2.37. The number of carbonyl (C=O) groups is 2. The number of nitrogens with one attached hydrogen (secondary N) is 1. The van der Waals surface area contributed by atoms with Crippen LogP contribution in [0.3, 0.4) is 0 Å². The molecule has 1 fully saturated rings. The molecule has 5 rings (SSSR count). The van der Waals surface area contributed by atoms with Gasteiger partial charge < -0.3 is 24.4 Å². The predicted octanol–water partition coefficient (Wildman–Crippen LogP) is 4.13. The van der Waals surface area contributed by atoms with E-state index >= 15 is 0 Å². The molecule has 2 aliphatic heterocycles. The summed E-state index contributed by atoms with van der Waals surface area (Å²) in [5.41, 5.74) is 1.36. The maximum absolute atomic E-state index is 12.9. The standard InChI is InChI=1S/C25H23N3O5/c29-24(26-18-6-9-21(10-7-18)33-20-4-2-1-3-5-20)17-27-12-13-28(25(27)30)19-8-11-22-23(16-19)32-15-14-31-22/h1-11,16H,12-15,17H2,(H,26,29). The van der Waals surface area contributed by atoms with Crippen molar-refractivity contribution >= 4 is 23.3 Å². The van der Waals surface area contributed by atoms with Crippen molar-refractivity contribution in [1.82, 2.24) is 4.90 Å². The van der Waals surface area contributed by atoms with Crippen molar-refractivity contribution in [1.29, 1.82) is 0 Å². The maximum atomic E-state index is 12.9. The van der Waals surface area contributed by atoms with Crippen LogP contribution in [0.25, 0.3) is 0 Å². The van der Waals surface area contributed by atoms with E-state index in [0.717, 1.165) is 11.4 Å². The Labute approximate surface area is 191 Å². The van der Waals surface area contributed by atoms with Gasteiger partial charge in [0.15, 0.2) is 11.5 Å². The monoisotopic (exact) mass is 445 g/mol. The molecule has 0 aromatic heterocycles. The second-order valence-corrected chi connectivity index (χ2v) is 7.67. The first kappa shape index (κ1) is 20.7. The second-order valence-electron chi connectivity index (χ2n) is 7.67. The molecule has 0 unspecified atom stereocenters. The number of rotatable bonds is 6. The van der Waals surface area contributed by atoms with Gasteiger partial charge in [0.25, 0.3) is 0 Å². The van der Waals surface area contributed by atoms with Gasteiger partial charge in [-0.15, -0.1) is 0 Å². The Balaban J connectivity index is 1.16. The number of amides is 3. The van der Waals surface area contributed by atoms with Gasteiger partial charge in [-0.1, -0.05) is 18.2 Å². The van der Waals surface area contributed by atoms with Crippen LogP contribution in [0.15, 0.2) is 72.8 Å². The maximum Gasteiger partial charge on any atom is 0.325 e. The lowest BCUT2D eigenvalue weighted by atomic mass is 10.2. The van der Waals surface area contributed by atoms with Crippen molar-refractivity contribution < 1.29 is 23.8 Å².